The van der Waals surface area contributed by atoms with Crippen LogP contribution in [0.4, 0.5) is 0 Å². The Morgan fingerprint density at radius 2 is 1.85 bits per heavy atom. The molecule has 0 bridgehead atoms. The van der Waals surface area contributed by atoms with Crippen LogP contribution in [0.2, 0.25) is 5.02 Å². The second-order valence-electron chi connectivity index (χ2n) is 6.48. The molecule has 2 fully saturated rings. The maximum absolute atomic E-state index is 12.6. The van der Waals surface area contributed by atoms with Crippen LogP contribution in [-0.2, 0) is 20.7 Å². The van der Waals surface area contributed by atoms with Gasteiger partial charge in [0, 0.05) is 37.7 Å². The van der Waals surface area contributed by atoms with Crippen molar-refractivity contribution < 1.29 is 14.3 Å². The molecular formula is C18H25Cl2N3O3. The van der Waals surface area contributed by atoms with E-state index < -0.39 is 0 Å². The number of carbonyl (C=O) groups is 2. The number of halogens is 2. The quantitative estimate of drug-likeness (QED) is 0.830. The van der Waals surface area contributed by atoms with Crippen LogP contribution in [0.1, 0.15) is 12.5 Å². The molecule has 3 rings (SSSR count). The van der Waals surface area contributed by atoms with Crippen LogP contribution in [0.25, 0.3) is 0 Å². The highest BCUT2D eigenvalue weighted by molar-refractivity contribution is 6.31. The van der Waals surface area contributed by atoms with Crippen molar-refractivity contribution in [2.45, 2.75) is 25.5 Å². The van der Waals surface area contributed by atoms with E-state index in [-0.39, 0.29) is 36.4 Å². The normalized spacial score (nSPS) is 23.3. The van der Waals surface area contributed by atoms with Crippen molar-refractivity contribution in [1.29, 1.82) is 0 Å². The average Bonchev–Trinajstić information content (AvgIpc) is 2.63. The van der Waals surface area contributed by atoms with Gasteiger partial charge in [-0.05, 0) is 18.6 Å². The first-order chi connectivity index (χ1) is 12.1. The van der Waals surface area contributed by atoms with Crippen molar-refractivity contribution >= 4 is 35.8 Å². The standard InChI is InChI=1S/C18H24ClN3O3.ClH/c1-13-17(20-6-11-25-13)18(24)22-9-7-21(8-10-22)16(23)12-14-4-2-3-5-15(14)19;/h2-5,13,17,20H,6-12H2,1H3;1H/t13-,17+;/m1./s1. The Morgan fingerprint density at radius 3 is 2.50 bits per heavy atom. The third-order valence-electron chi connectivity index (χ3n) is 4.83. The van der Waals surface area contributed by atoms with Gasteiger partial charge >= 0.3 is 0 Å². The zero-order chi connectivity index (χ0) is 17.8. The summed E-state index contributed by atoms with van der Waals surface area (Å²) in [5.41, 5.74) is 0.838. The predicted octanol–water partition coefficient (Wildman–Crippen LogP) is 1.35. The molecule has 2 heterocycles. The number of amides is 2. The van der Waals surface area contributed by atoms with Crippen molar-refractivity contribution in [3.63, 3.8) is 0 Å². The summed E-state index contributed by atoms with van der Waals surface area (Å²) in [6.45, 7) is 5.45. The number of piperazine rings is 1. The number of carbonyl (C=O) groups excluding carboxylic acids is 2. The fourth-order valence-electron chi connectivity index (χ4n) is 3.30. The molecule has 1 aromatic rings. The molecule has 6 nitrogen and oxygen atoms in total. The molecule has 0 radical (unpaired) electrons. The number of hydrogen-bond acceptors (Lipinski definition) is 4. The molecule has 2 aliphatic rings. The molecule has 0 aromatic heterocycles. The summed E-state index contributed by atoms with van der Waals surface area (Å²) in [6.07, 6.45) is 0.170. The Hall–Kier alpha value is -1.34. The first-order valence-electron chi connectivity index (χ1n) is 8.71. The smallest absolute Gasteiger partial charge is 0.242 e. The lowest BCUT2D eigenvalue weighted by atomic mass is 10.1. The molecule has 0 unspecified atom stereocenters. The molecule has 26 heavy (non-hydrogen) atoms. The summed E-state index contributed by atoms with van der Waals surface area (Å²) in [5.74, 6) is 0.109. The number of nitrogens with one attached hydrogen (secondary N) is 1. The summed E-state index contributed by atoms with van der Waals surface area (Å²) < 4.78 is 5.55. The molecule has 2 saturated heterocycles. The fraction of sp³-hybridized carbons (Fsp3) is 0.556. The Balaban J connectivity index is 0.00000243. The lowest BCUT2D eigenvalue weighted by Gasteiger charge is -2.38. The SMILES string of the molecule is C[C@H]1OCCN[C@@H]1C(=O)N1CCN(C(=O)Cc2ccccc2Cl)CC1.Cl. The fourth-order valence-corrected chi connectivity index (χ4v) is 3.50. The van der Waals surface area contributed by atoms with Crippen LogP contribution < -0.4 is 5.32 Å². The summed E-state index contributed by atoms with van der Waals surface area (Å²) in [5, 5.41) is 3.84. The van der Waals surface area contributed by atoms with Gasteiger partial charge in [-0.3, -0.25) is 9.59 Å². The topological polar surface area (TPSA) is 61.9 Å². The second kappa shape index (κ2) is 9.55. The highest BCUT2D eigenvalue weighted by Crippen LogP contribution is 2.17. The lowest BCUT2D eigenvalue weighted by Crippen LogP contribution is -2.60. The third kappa shape index (κ3) is 4.88. The summed E-state index contributed by atoms with van der Waals surface area (Å²) in [7, 11) is 0. The van der Waals surface area contributed by atoms with Crippen molar-refractivity contribution in [3.05, 3.63) is 34.9 Å². The molecule has 144 valence electrons. The van der Waals surface area contributed by atoms with E-state index in [2.05, 4.69) is 5.32 Å². The Morgan fingerprint density at radius 1 is 1.19 bits per heavy atom. The zero-order valence-electron chi connectivity index (χ0n) is 14.8. The molecule has 2 atom stereocenters. The summed E-state index contributed by atoms with van der Waals surface area (Å²) in [6, 6.07) is 7.10. The van der Waals surface area contributed by atoms with E-state index in [0.29, 0.717) is 50.8 Å². The van der Waals surface area contributed by atoms with Crippen molar-refractivity contribution in [3.8, 4) is 0 Å². The Labute approximate surface area is 165 Å². The van der Waals surface area contributed by atoms with E-state index in [9.17, 15) is 9.59 Å². The van der Waals surface area contributed by atoms with Crippen molar-refractivity contribution in [1.82, 2.24) is 15.1 Å². The van der Waals surface area contributed by atoms with E-state index in [1.54, 1.807) is 11.0 Å². The molecular weight excluding hydrogens is 377 g/mol. The second-order valence-corrected chi connectivity index (χ2v) is 6.89. The largest absolute Gasteiger partial charge is 0.375 e. The molecule has 0 aliphatic carbocycles. The van der Waals surface area contributed by atoms with Gasteiger partial charge in [0.15, 0.2) is 0 Å². The molecule has 0 spiro atoms. The summed E-state index contributed by atoms with van der Waals surface area (Å²) in [4.78, 5) is 28.7. The first-order valence-corrected chi connectivity index (χ1v) is 9.09. The van der Waals surface area contributed by atoms with Crippen LogP contribution in [0, 0.1) is 0 Å². The van der Waals surface area contributed by atoms with Crippen molar-refractivity contribution in [2.75, 3.05) is 39.3 Å². The van der Waals surface area contributed by atoms with Gasteiger partial charge in [-0.25, -0.2) is 0 Å². The van der Waals surface area contributed by atoms with E-state index >= 15 is 0 Å². The van der Waals surface area contributed by atoms with Crippen molar-refractivity contribution in [2.24, 2.45) is 0 Å². The minimum Gasteiger partial charge on any atom is -0.375 e. The van der Waals surface area contributed by atoms with Crippen LogP contribution in [-0.4, -0.2) is 73.1 Å². The van der Waals surface area contributed by atoms with E-state index in [1.165, 1.54) is 0 Å². The number of benzene rings is 1. The molecule has 1 aromatic carbocycles. The summed E-state index contributed by atoms with van der Waals surface area (Å²) >= 11 is 6.13. The van der Waals surface area contributed by atoms with Gasteiger partial charge in [0.1, 0.15) is 6.04 Å². The van der Waals surface area contributed by atoms with Gasteiger partial charge in [-0.1, -0.05) is 29.8 Å². The minimum absolute atomic E-state index is 0. The number of nitrogens with zero attached hydrogens (tertiary/aromatic N) is 2. The van der Waals surface area contributed by atoms with Gasteiger partial charge in [0.05, 0.1) is 19.1 Å². The molecule has 1 N–H and O–H groups in total. The van der Waals surface area contributed by atoms with Gasteiger partial charge in [0.2, 0.25) is 11.8 Å². The predicted molar refractivity (Wildman–Crippen MR) is 103 cm³/mol. The molecule has 8 heteroatoms. The van der Waals surface area contributed by atoms with Gasteiger partial charge < -0.3 is 19.9 Å². The van der Waals surface area contributed by atoms with E-state index in [0.717, 1.165) is 5.56 Å². The van der Waals surface area contributed by atoms with E-state index in [4.69, 9.17) is 16.3 Å². The minimum atomic E-state index is -0.292. The van der Waals surface area contributed by atoms with Crippen LogP contribution in [0.5, 0.6) is 0 Å². The molecule has 2 amide bonds. The third-order valence-corrected chi connectivity index (χ3v) is 5.19. The Bertz CT molecular complexity index is 636. The molecule has 0 saturated carbocycles. The maximum atomic E-state index is 12.6. The van der Waals surface area contributed by atoms with Gasteiger partial charge in [-0.2, -0.15) is 0 Å². The monoisotopic (exact) mass is 401 g/mol. The zero-order valence-corrected chi connectivity index (χ0v) is 16.4. The highest BCUT2D eigenvalue weighted by atomic mass is 35.5. The number of rotatable bonds is 3. The average molecular weight is 402 g/mol. The van der Waals surface area contributed by atoms with Crippen LogP contribution in [0.15, 0.2) is 24.3 Å². The lowest BCUT2D eigenvalue weighted by molar-refractivity contribution is -0.144. The van der Waals surface area contributed by atoms with Gasteiger partial charge in [0.25, 0.3) is 0 Å². The van der Waals surface area contributed by atoms with Crippen LogP contribution >= 0.6 is 24.0 Å². The number of hydrogen-bond donors (Lipinski definition) is 1. The molecule has 2 aliphatic heterocycles. The maximum Gasteiger partial charge on any atom is 0.242 e. The van der Waals surface area contributed by atoms with E-state index in [1.807, 2.05) is 30.0 Å². The van der Waals surface area contributed by atoms with Crippen LogP contribution in [0.3, 0.4) is 0 Å². The van der Waals surface area contributed by atoms with Gasteiger partial charge in [-0.15, -0.1) is 12.4 Å². The highest BCUT2D eigenvalue weighted by Gasteiger charge is 2.33. The number of ether oxygens (including phenoxy) is 1. The number of morpholine rings is 1. The Kier molecular flexibility index (Phi) is 7.70. The first kappa shape index (κ1) is 21.0.